The van der Waals surface area contributed by atoms with Crippen molar-refractivity contribution in [3.8, 4) is 0 Å². The van der Waals surface area contributed by atoms with E-state index in [2.05, 4.69) is 0 Å². The van der Waals surface area contributed by atoms with Gasteiger partial charge in [0.1, 0.15) is 12.3 Å². The Morgan fingerprint density at radius 1 is 1.47 bits per heavy atom. The molecule has 1 saturated heterocycles. The van der Waals surface area contributed by atoms with Crippen molar-refractivity contribution in [2.24, 2.45) is 5.41 Å². The Morgan fingerprint density at radius 2 is 2.13 bits per heavy atom. The van der Waals surface area contributed by atoms with Crippen LogP contribution >= 0.6 is 0 Å². The van der Waals surface area contributed by atoms with Crippen molar-refractivity contribution in [2.75, 3.05) is 33.4 Å². The Labute approximate surface area is 133 Å². The zero-order valence-corrected chi connectivity index (χ0v) is 12.7. The zero-order chi connectivity index (χ0) is 10.2. The maximum absolute atomic E-state index is 13.3. The van der Waals surface area contributed by atoms with Gasteiger partial charge in [-0.2, -0.15) is 0 Å². The van der Waals surface area contributed by atoms with Crippen molar-refractivity contribution in [2.45, 2.75) is 25.1 Å². The van der Waals surface area contributed by atoms with Crippen LogP contribution in [0.25, 0.3) is 0 Å². The number of hydrogen-bond acceptors (Lipinski definition) is 3. The first-order valence-corrected chi connectivity index (χ1v) is 5.16. The largest absolute Gasteiger partial charge is 1.00 e. The molecule has 2 atom stereocenters. The van der Waals surface area contributed by atoms with Gasteiger partial charge in [-0.25, -0.2) is 4.39 Å². The van der Waals surface area contributed by atoms with Crippen LogP contribution in [0.5, 0.6) is 0 Å². The monoisotopic (exact) mass is 241 g/mol. The van der Waals surface area contributed by atoms with Gasteiger partial charge in [-0.3, -0.25) is 4.90 Å². The Morgan fingerprint density at radius 3 is 2.53 bits per heavy atom. The van der Waals surface area contributed by atoms with E-state index in [1.165, 1.54) is 0 Å². The molecular weight excluding hydrogens is 224 g/mol. The van der Waals surface area contributed by atoms with E-state index in [0.29, 0.717) is 13.1 Å². The minimum absolute atomic E-state index is 0. The smallest absolute Gasteiger partial charge is 0.854 e. The van der Waals surface area contributed by atoms with Crippen LogP contribution in [0, 0.1) is 5.41 Å². The molecule has 2 rings (SSSR count). The van der Waals surface area contributed by atoms with E-state index >= 15 is 0 Å². The predicted molar refractivity (Wildman–Crippen MR) is 48.7 cm³/mol. The predicted octanol–water partition coefficient (Wildman–Crippen LogP) is -3.20. The Bertz CT molecular complexity index is 214. The maximum Gasteiger partial charge on any atom is 1.00 e. The molecule has 1 aliphatic carbocycles. The molecule has 1 aliphatic heterocycles. The number of likely N-dealkylation sites (tertiary alicyclic amines) is 1. The second-order valence-corrected chi connectivity index (χ2v) is 4.63. The topological polar surface area (TPSA) is 35.5 Å². The average molecular weight is 241 g/mol. The first-order chi connectivity index (χ1) is 6.69. The van der Waals surface area contributed by atoms with Gasteiger partial charge in [-0.15, -0.1) is 6.61 Å². The Hall–Kier alpha value is 1.45. The molecule has 2 fully saturated rings. The quantitative estimate of drug-likeness (QED) is 0.486. The molecule has 3 nitrogen and oxygen atoms in total. The van der Waals surface area contributed by atoms with Gasteiger partial charge in [-0.1, -0.05) is 0 Å². The van der Waals surface area contributed by atoms with Crippen molar-refractivity contribution >= 4 is 0 Å². The van der Waals surface area contributed by atoms with Crippen LogP contribution in [0.4, 0.5) is 4.39 Å². The zero-order valence-electron chi connectivity index (χ0n) is 9.54. The molecule has 0 aromatic heterocycles. The molecule has 0 radical (unpaired) electrons. The third-order valence-electron chi connectivity index (χ3n) is 3.40. The van der Waals surface area contributed by atoms with E-state index in [9.17, 15) is 9.50 Å². The molecule has 0 aromatic rings. The van der Waals surface area contributed by atoms with Crippen molar-refractivity contribution in [1.82, 2.24) is 4.90 Å². The number of nitrogens with zero attached hydrogens (tertiary/aromatic N) is 1. The van der Waals surface area contributed by atoms with Crippen LogP contribution in [-0.4, -0.2) is 50.5 Å². The van der Waals surface area contributed by atoms with E-state index < -0.39 is 6.17 Å². The molecule has 0 spiro atoms. The summed E-state index contributed by atoms with van der Waals surface area (Å²) in [6.45, 7) is 1.81. The molecule has 1 saturated carbocycles. The maximum atomic E-state index is 13.3. The summed E-state index contributed by atoms with van der Waals surface area (Å²) in [6.07, 6.45) is 0.850. The van der Waals surface area contributed by atoms with Gasteiger partial charge in [0.25, 0.3) is 0 Å². The fourth-order valence-electron chi connectivity index (χ4n) is 2.16. The Kier molecular flexibility index (Phi) is 5.67. The van der Waals surface area contributed by atoms with Crippen LogP contribution < -0.4 is 56.5 Å². The molecule has 1 heterocycles. The normalized spacial score (nSPS) is 33.8. The fraction of sp³-hybridized carbons (Fsp3) is 1.00. The van der Waals surface area contributed by atoms with E-state index in [-0.39, 0.29) is 69.5 Å². The summed E-state index contributed by atoms with van der Waals surface area (Å²) in [5.41, 5.74) is -0.0254. The first-order valence-electron chi connectivity index (χ1n) is 5.16. The molecular formula is C10H17FKNO2. The van der Waals surface area contributed by atoms with Crippen LogP contribution in [0.2, 0.25) is 0 Å². The summed E-state index contributed by atoms with van der Waals surface area (Å²) < 4.78 is 18.3. The minimum Gasteiger partial charge on any atom is -0.854 e. The number of rotatable bonds is 4. The summed E-state index contributed by atoms with van der Waals surface area (Å²) in [7, 11) is 1.54. The summed E-state index contributed by atoms with van der Waals surface area (Å²) >= 11 is 0. The SMILES string of the molecule is COC1CN(CC2(C[O-])CC2)CC1F.[K+]. The fourth-order valence-corrected chi connectivity index (χ4v) is 2.16. The molecule has 0 N–H and O–H groups in total. The molecule has 2 aliphatic rings. The van der Waals surface area contributed by atoms with Gasteiger partial charge in [0.2, 0.25) is 0 Å². The average Bonchev–Trinajstić information content (AvgIpc) is 2.85. The van der Waals surface area contributed by atoms with Crippen LogP contribution in [0.15, 0.2) is 0 Å². The standard InChI is InChI=1S/C10H17FNO2.K/c1-14-9-5-12(4-8(9)11)6-10(7-13)2-3-10;/h8-9H,2-7H2,1H3;/q-1;+1. The van der Waals surface area contributed by atoms with Gasteiger partial charge in [0.05, 0.1) is 0 Å². The first kappa shape index (κ1) is 14.5. The molecule has 5 heteroatoms. The molecule has 82 valence electrons. The van der Waals surface area contributed by atoms with E-state index in [4.69, 9.17) is 4.74 Å². The summed E-state index contributed by atoms with van der Waals surface area (Å²) in [5, 5.41) is 10.9. The number of ether oxygens (including phenoxy) is 1. The third kappa shape index (κ3) is 3.45. The molecule has 0 aromatic carbocycles. The molecule has 0 amide bonds. The van der Waals surface area contributed by atoms with Crippen LogP contribution in [0.1, 0.15) is 12.8 Å². The van der Waals surface area contributed by atoms with Crippen molar-refractivity contribution in [1.29, 1.82) is 0 Å². The van der Waals surface area contributed by atoms with Gasteiger partial charge in [0.15, 0.2) is 0 Å². The van der Waals surface area contributed by atoms with Gasteiger partial charge in [0, 0.05) is 26.7 Å². The summed E-state index contributed by atoms with van der Waals surface area (Å²) in [6, 6.07) is 0. The molecule has 0 bridgehead atoms. The number of alkyl halides is 1. The van der Waals surface area contributed by atoms with Crippen LogP contribution in [-0.2, 0) is 4.74 Å². The van der Waals surface area contributed by atoms with E-state index in [1.807, 2.05) is 4.90 Å². The number of halogens is 1. The van der Waals surface area contributed by atoms with Gasteiger partial charge >= 0.3 is 51.4 Å². The second-order valence-electron chi connectivity index (χ2n) is 4.63. The van der Waals surface area contributed by atoms with Crippen molar-refractivity contribution < 1.29 is 65.6 Å². The van der Waals surface area contributed by atoms with Crippen LogP contribution in [0.3, 0.4) is 0 Å². The number of methoxy groups -OCH3 is 1. The molecule has 2 unspecified atom stereocenters. The second kappa shape index (κ2) is 5.86. The van der Waals surface area contributed by atoms with Gasteiger partial charge < -0.3 is 9.84 Å². The number of hydrogen-bond donors (Lipinski definition) is 0. The van der Waals surface area contributed by atoms with E-state index in [1.54, 1.807) is 7.11 Å². The summed E-state index contributed by atoms with van der Waals surface area (Å²) in [4.78, 5) is 2.03. The summed E-state index contributed by atoms with van der Waals surface area (Å²) in [5.74, 6) is 0. The minimum atomic E-state index is -0.887. The van der Waals surface area contributed by atoms with E-state index in [0.717, 1.165) is 19.4 Å². The molecule has 15 heavy (non-hydrogen) atoms. The van der Waals surface area contributed by atoms with Crippen molar-refractivity contribution in [3.05, 3.63) is 0 Å². The Balaban J connectivity index is 0.00000112. The third-order valence-corrected chi connectivity index (χ3v) is 3.40. The van der Waals surface area contributed by atoms with Crippen molar-refractivity contribution in [3.63, 3.8) is 0 Å². The van der Waals surface area contributed by atoms with Gasteiger partial charge in [-0.05, 0) is 18.3 Å².